The predicted octanol–water partition coefficient (Wildman–Crippen LogP) is 3.17. The van der Waals surface area contributed by atoms with E-state index in [4.69, 9.17) is 4.74 Å². The smallest absolute Gasteiger partial charge is 0.220 e. The summed E-state index contributed by atoms with van der Waals surface area (Å²) in [6.07, 6.45) is 5.81. The lowest BCUT2D eigenvalue weighted by Gasteiger charge is -2.05. The number of methoxy groups -OCH3 is 1. The first-order valence-corrected chi connectivity index (χ1v) is 8.73. The van der Waals surface area contributed by atoms with Crippen LogP contribution >= 0.6 is 0 Å². The van der Waals surface area contributed by atoms with Gasteiger partial charge in [0, 0.05) is 19.2 Å². The molecule has 3 aromatic rings. The van der Waals surface area contributed by atoms with E-state index in [9.17, 15) is 4.79 Å². The van der Waals surface area contributed by atoms with Gasteiger partial charge in [-0.3, -0.25) is 4.79 Å². The number of benzene rings is 2. The Labute approximate surface area is 153 Å². The number of ether oxygens (including phenoxy) is 1. The van der Waals surface area contributed by atoms with Gasteiger partial charge in [-0.25, -0.2) is 4.68 Å². The van der Waals surface area contributed by atoms with E-state index in [-0.39, 0.29) is 5.91 Å². The minimum Gasteiger partial charge on any atom is -0.497 e. The zero-order valence-corrected chi connectivity index (χ0v) is 14.9. The van der Waals surface area contributed by atoms with Crippen molar-refractivity contribution in [3.8, 4) is 11.4 Å². The van der Waals surface area contributed by atoms with Crippen molar-refractivity contribution in [1.82, 2.24) is 15.1 Å². The van der Waals surface area contributed by atoms with Crippen LogP contribution in [0.3, 0.4) is 0 Å². The molecule has 0 radical (unpaired) electrons. The summed E-state index contributed by atoms with van der Waals surface area (Å²) in [6, 6.07) is 17.8. The molecule has 0 aliphatic heterocycles. The first kappa shape index (κ1) is 17.7. The van der Waals surface area contributed by atoms with Crippen molar-refractivity contribution in [2.45, 2.75) is 19.3 Å². The molecule has 2 aromatic carbocycles. The van der Waals surface area contributed by atoms with Crippen molar-refractivity contribution < 1.29 is 9.53 Å². The molecule has 5 nitrogen and oxygen atoms in total. The van der Waals surface area contributed by atoms with Gasteiger partial charge >= 0.3 is 0 Å². The number of aromatic nitrogens is 2. The fourth-order valence-corrected chi connectivity index (χ4v) is 2.70. The summed E-state index contributed by atoms with van der Waals surface area (Å²) in [6.45, 7) is 0.613. The highest BCUT2D eigenvalue weighted by Crippen LogP contribution is 2.12. The van der Waals surface area contributed by atoms with Crippen molar-refractivity contribution in [3.63, 3.8) is 0 Å². The SMILES string of the molecule is COc1ccc(CCC(=O)NCCc2cnn(-c3ccccc3)c2)cc1. The molecule has 0 bridgehead atoms. The standard InChI is InChI=1S/C21H23N3O2/c1-26-20-10-7-17(8-11-20)9-12-21(25)22-14-13-18-15-23-24(16-18)19-5-3-2-4-6-19/h2-8,10-11,15-16H,9,12-14H2,1H3,(H,22,25). The Kier molecular flexibility index (Phi) is 6.04. The number of carbonyl (C=O) groups excluding carboxylic acids is 1. The third kappa shape index (κ3) is 4.96. The van der Waals surface area contributed by atoms with Gasteiger partial charge in [-0.1, -0.05) is 30.3 Å². The highest BCUT2D eigenvalue weighted by Gasteiger charge is 2.04. The van der Waals surface area contributed by atoms with Crippen molar-refractivity contribution in [2.75, 3.05) is 13.7 Å². The second-order valence-corrected chi connectivity index (χ2v) is 6.08. The Morgan fingerprint density at radius 2 is 1.81 bits per heavy atom. The fourth-order valence-electron chi connectivity index (χ4n) is 2.70. The second-order valence-electron chi connectivity index (χ2n) is 6.08. The molecule has 0 unspecified atom stereocenters. The first-order valence-electron chi connectivity index (χ1n) is 8.73. The van der Waals surface area contributed by atoms with E-state index in [0.717, 1.165) is 35.4 Å². The van der Waals surface area contributed by atoms with Gasteiger partial charge in [0.25, 0.3) is 0 Å². The molecular weight excluding hydrogens is 326 g/mol. The summed E-state index contributed by atoms with van der Waals surface area (Å²) in [7, 11) is 1.64. The van der Waals surface area contributed by atoms with Gasteiger partial charge in [0.2, 0.25) is 5.91 Å². The molecule has 1 amide bonds. The van der Waals surface area contributed by atoms with Crippen molar-refractivity contribution >= 4 is 5.91 Å². The van der Waals surface area contributed by atoms with Crippen LogP contribution in [-0.2, 0) is 17.6 Å². The van der Waals surface area contributed by atoms with Crippen molar-refractivity contribution in [1.29, 1.82) is 0 Å². The van der Waals surface area contributed by atoms with Crippen LogP contribution in [0.15, 0.2) is 67.0 Å². The molecule has 5 heteroatoms. The maximum Gasteiger partial charge on any atom is 0.220 e. The number of hydrogen-bond donors (Lipinski definition) is 1. The van der Waals surface area contributed by atoms with Gasteiger partial charge in [-0.2, -0.15) is 5.10 Å². The third-order valence-corrected chi connectivity index (χ3v) is 4.19. The van der Waals surface area contributed by atoms with Crippen LogP contribution in [0.25, 0.3) is 5.69 Å². The van der Waals surface area contributed by atoms with Crippen molar-refractivity contribution in [3.05, 3.63) is 78.1 Å². The molecule has 0 aliphatic rings. The summed E-state index contributed by atoms with van der Waals surface area (Å²) in [5, 5.41) is 7.34. The van der Waals surface area contributed by atoms with E-state index in [1.165, 1.54) is 0 Å². The molecule has 0 saturated carbocycles. The van der Waals surface area contributed by atoms with Crippen molar-refractivity contribution in [2.24, 2.45) is 0 Å². The van der Waals surface area contributed by atoms with Crippen LogP contribution < -0.4 is 10.1 Å². The first-order chi connectivity index (χ1) is 12.7. The van der Waals surface area contributed by atoms with Gasteiger partial charge in [-0.15, -0.1) is 0 Å². The Hall–Kier alpha value is -3.08. The van der Waals surface area contributed by atoms with Crippen LogP contribution in [0.1, 0.15) is 17.5 Å². The number of amides is 1. The molecule has 1 heterocycles. The summed E-state index contributed by atoms with van der Waals surface area (Å²) in [4.78, 5) is 12.0. The van der Waals surface area contributed by atoms with Crippen LogP contribution in [-0.4, -0.2) is 29.3 Å². The number of carbonyl (C=O) groups is 1. The highest BCUT2D eigenvalue weighted by molar-refractivity contribution is 5.76. The van der Waals surface area contributed by atoms with E-state index in [0.29, 0.717) is 13.0 Å². The summed E-state index contributed by atoms with van der Waals surface area (Å²) in [5.41, 5.74) is 3.26. The second kappa shape index (κ2) is 8.85. The number of para-hydroxylation sites is 1. The monoisotopic (exact) mass is 349 g/mol. The maximum absolute atomic E-state index is 12.0. The number of hydrogen-bond acceptors (Lipinski definition) is 3. The molecule has 0 spiro atoms. The van der Waals surface area contributed by atoms with E-state index in [1.807, 2.05) is 71.7 Å². The van der Waals surface area contributed by atoms with E-state index in [1.54, 1.807) is 7.11 Å². The molecule has 0 fully saturated rings. The lowest BCUT2D eigenvalue weighted by atomic mass is 10.1. The van der Waals surface area contributed by atoms with Crippen LogP contribution in [0.2, 0.25) is 0 Å². The molecule has 26 heavy (non-hydrogen) atoms. The highest BCUT2D eigenvalue weighted by atomic mass is 16.5. The Balaban J connectivity index is 1.40. The molecular formula is C21H23N3O2. The topological polar surface area (TPSA) is 56.1 Å². The zero-order valence-electron chi connectivity index (χ0n) is 14.9. The summed E-state index contributed by atoms with van der Waals surface area (Å²) in [5.74, 6) is 0.894. The molecule has 134 valence electrons. The van der Waals surface area contributed by atoms with E-state index >= 15 is 0 Å². The van der Waals surface area contributed by atoms with Gasteiger partial charge < -0.3 is 10.1 Å². The van der Waals surface area contributed by atoms with Crippen LogP contribution in [0, 0.1) is 0 Å². The maximum atomic E-state index is 12.0. The summed E-state index contributed by atoms with van der Waals surface area (Å²) >= 11 is 0. The summed E-state index contributed by atoms with van der Waals surface area (Å²) < 4.78 is 6.98. The minimum atomic E-state index is 0.0660. The molecule has 1 aromatic heterocycles. The van der Waals surface area contributed by atoms with Gasteiger partial charge in [0.05, 0.1) is 19.0 Å². The quantitative estimate of drug-likeness (QED) is 0.680. The van der Waals surface area contributed by atoms with Gasteiger partial charge in [0.1, 0.15) is 5.75 Å². The molecule has 1 N–H and O–H groups in total. The van der Waals surface area contributed by atoms with Crippen LogP contribution in [0.4, 0.5) is 0 Å². The number of nitrogens with one attached hydrogen (secondary N) is 1. The fraction of sp³-hybridized carbons (Fsp3) is 0.238. The number of rotatable bonds is 8. The normalized spacial score (nSPS) is 10.5. The lowest BCUT2D eigenvalue weighted by Crippen LogP contribution is -2.25. The average molecular weight is 349 g/mol. The Bertz CT molecular complexity index is 826. The molecule has 0 saturated heterocycles. The Morgan fingerprint density at radius 1 is 1.04 bits per heavy atom. The zero-order chi connectivity index (χ0) is 18.2. The van der Waals surface area contributed by atoms with E-state index in [2.05, 4.69) is 10.4 Å². The third-order valence-electron chi connectivity index (χ3n) is 4.19. The molecule has 0 aliphatic carbocycles. The Morgan fingerprint density at radius 3 is 2.54 bits per heavy atom. The van der Waals surface area contributed by atoms with Gasteiger partial charge in [0.15, 0.2) is 0 Å². The number of aryl methyl sites for hydroxylation is 1. The van der Waals surface area contributed by atoms with Gasteiger partial charge in [-0.05, 0) is 48.2 Å². The average Bonchev–Trinajstić information content (AvgIpc) is 3.16. The lowest BCUT2D eigenvalue weighted by molar-refractivity contribution is -0.121. The van der Waals surface area contributed by atoms with E-state index < -0.39 is 0 Å². The van der Waals surface area contributed by atoms with Crippen LogP contribution in [0.5, 0.6) is 5.75 Å². The molecule has 0 atom stereocenters. The number of nitrogens with zero attached hydrogens (tertiary/aromatic N) is 2. The molecule has 3 rings (SSSR count). The predicted molar refractivity (Wildman–Crippen MR) is 102 cm³/mol. The minimum absolute atomic E-state index is 0.0660. The largest absolute Gasteiger partial charge is 0.497 e.